The van der Waals surface area contributed by atoms with Gasteiger partial charge in [0.2, 0.25) is 11.8 Å². The lowest BCUT2D eigenvalue weighted by atomic mass is 9.83. The first kappa shape index (κ1) is 29.2. The van der Waals surface area contributed by atoms with Gasteiger partial charge in [0.25, 0.3) is 0 Å². The molecule has 5 heterocycles. The van der Waals surface area contributed by atoms with E-state index >= 15 is 0 Å². The molecule has 228 valence electrons. The second kappa shape index (κ2) is 12.0. The van der Waals surface area contributed by atoms with Crippen LogP contribution in [-0.4, -0.2) is 72.3 Å². The Labute approximate surface area is 254 Å². The number of nitrogens with zero attached hydrogens (tertiary/aromatic N) is 7. The van der Waals surface area contributed by atoms with Gasteiger partial charge in [-0.25, -0.2) is 19.6 Å². The van der Waals surface area contributed by atoms with E-state index in [0.29, 0.717) is 47.5 Å². The summed E-state index contributed by atoms with van der Waals surface area (Å²) in [5.41, 5.74) is 3.40. The Balaban J connectivity index is 1.53. The zero-order chi connectivity index (χ0) is 30.2. The topological polar surface area (TPSA) is 138 Å². The van der Waals surface area contributed by atoms with Crippen LogP contribution in [0.3, 0.4) is 0 Å². The van der Waals surface area contributed by atoms with Gasteiger partial charge in [0.15, 0.2) is 0 Å². The summed E-state index contributed by atoms with van der Waals surface area (Å²) in [6, 6.07) is 3.67. The van der Waals surface area contributed by atoms with Gasteiger partial charge >= 0.3 is 11.8 Å². The molecule has 2 aliphatic rings. The number of pyridine rings is 2. The largest absolute Gasteiger partial charge is 0.439 e. The predicted molar refractivity (Wildman–Crippen MR) is 165 cm³/mol. The van der Waals surface area contributed by atoms with Gasteiger partial charge in [-0.1, -0.05) is 36.5 Å². The maximum Gasteiger partial charge on any atom is 0.439 e. The standard InChI is InChI=1S/C30H38ClN9O3/c1-5-33-29(41)38-14-18(3)40(19(4)15-38)28-35-23-11-24(27-36-30(42)43-37-27)34-25(21-10-22(31)13-32-12-21)26(23)39(28)16-20-8-6-17(2)7-9-20/h10-13,17-20H,5-9,14-16H2,1-4H3,(H,33,41)(H,36,37,42)/t17-,18-,19?,20-/m1/s1. The molecule has 2 atom stereocenters. The van der Waals surface area contributed by atoms with Crippen LogP contribution < -0.4 is 16.0 Å². The number of aromatic amines is 1. The molecular formula is C30H38ClN9O3. The summed E-state index contributed by atoms with van der Waals surface area (Å²) < 4.78 is 7.11. The fraction of sp³-hybridized carbons (Fsp3) is 0.533. The Hall–Kier alpha value is -3.93. The summed E-state index contributed by atoms with van der Waals surface area (Å²) in [6.45, 7) is 11.1. The van der Waals surface area contributed by atoms with Crippen molar-refractivity contribution in [1.29, 1.82) is 0 Å². The van der Waals surface area contributed by atoms with Crippen LogP contribution in [0.25, 0.3) is 33.8 Å². The van der Waals surface area contributed by atoms with E-state index in [-0.39, 0.29) is 23.9 Å². The van der Waals surface area contributed by atoms with Crippen LogP contribution >= 0.6 is 11.6 Å². The van der Waals surface area contributed by atoms with E-state index in [1.165, 1.54) is 12.8 Å². The number of nitrogens with one attached hydrogen (secondary N) is 2. The van der Waals surface area contributed by atoms with Crippen molar-refractivity contribution >= 4 is 34.6 Å². The number of anilines is 1. The third-order valence-electron chi connectivity index (χ3n) is 8.71. The number of H-pyrrole nitrogens is 1. The first-order chi connectivity index (χ1) is 20.7. The smallest absolute Gasteiger partial charge is 0.338 e. The van der Waals surface area contributed by atoms with E-state index in [9.17, 15) is 9.59 Å². The van der Waals surface area contributed by atoms with Crippen LogP contribution in [0, 0.1) is 11.8 Å². The first-order valence-corrected chi connectivity index (χ1v) is 15.5. The van der Waals surface area contributed by atoms with Crippen molar-refractivity contribution in [2.24, 2.45) is 11.8 Å². The van der Waals surface area contributed by atoms with Gasteiger partial charge in [-0.05, 0) is 57.6 Å². The molecule has 0 spiro atoms. The quantitative estimate of drug-likeness (QED) is 0.314. The number of urea groups is 1. The van der Waals surface area contributed by atoms with Crippen molar-refractivity contribution in [3.63, 3.8) is 0 Å². The molecule has 13 heteroatoms. The molecule has 43 heavy (non-hydrogen) atoms. The molecule has 1 aliphatic carbocycles. The van der Waals surface area contributed by atoms with Crippen LogP contribution in [0.5, 0.6) is 0 Å². The molecule has 0 radical (unpaired) electrons. The number of aromatic nitrogens is 6. The summed E-state index contributed by atoms with van der Waals surface area (Å²) in [4.78, 5) is 46.0. The van der Waals surface area contributed by atoms with Gasteiger partial charge in [-0.3, -0.25) is 14.5 Å². The van der Waals surface area contributed by atoms with E-state index in [0.717, 1.165) is 42.3 Å². The normalized spacial score (nSPS) is 22.7. The van der Waals surface area contributed by atoms with Crippen molar-refractivity contribution in [2.45, 2.75) is 72.0 Å². The Morgan fingerprint density at radius 2 is 1.84 bits per heavy atom. The van der Waals surface area contributed by atoms with Gasteiger partial charge < -0.3 is 19.7 Å². The number of imidazole rings is 1. The highest BCUT2D eigenvalue weighted by atomic mass is 35.5. The number of rotatable bonds is 6. The van der Waals surface area contributed by atoms with E-state index in [1.807, 2.05) is 24.0 Å². The second-order valence-electron chi connectivity index (χ2n) is 12.1. The molecule has 1 saturated carbocycles. The molecule has 1 unspecified atom stereocenters. The van der Waals surface area contributed by atoms with Crippen molar-refractivity contribution in [3.05, 3.63) is 40.1 Å². The molecular weight excluding hydrogens is 570 g/mol. The average molecular weight is 608 g/mol. The van der Waals surface area contributed by atoms with Crippen LogP contribution in [0.1, 0.15) is 53.4 Å². The number of hydrogen-bond acceptors (Lipinski definition) is 8. The van der Waals surface area contributed by atoms with Crippen LogP contribution in [0.4, 0.5) is 10.7 Å². The Morgan fingerprint density at radius 3 is 2.49 bits per heavy atom. The minimum atomic E-state index is -0.659. The fourth-order valence-corrected chi connectivity index (χ4v) is 6.81. The third kappa shape index (κ3) is 5.84. The van der Waals surface area contributed by atoms with Gasteiger partial charge in [-0.15, -0.1) is 0 Å². The van der Waals surface area contributed by atoms with Crippen LogP contribution in [0.2, 0.25) is 5.02 Å². The van der Waals surface area contributed by atoms with Crippen molar-refractivity contribution in [3.8, 4) is 22.8 Å². The zero-order valence-corrected chi connectivity index (χ0v) is 25.8. The maximum absolute atomic E-state index is 12.7. The number of carbonyl (C=O) groups is 1. The van der Waals surface area contributed by atoms with Gasteiger partial charge in [0, 0.05) is 56.2 Å². The highest BCUT2D eigenvalue weighted by Crippen LogP contribution is 2.38. The van der Waals surface area contributed by atoms with Crippen molar-refractivity contribution < 1.29 is 9.32 Å². The molecule has 0 bridgehead atoms. The molecule has 1 saturated heterocycles. The molecule has 4 aromatic heterocycles. The third-order valence-corrected chi connectivity index (χ3v) is 8.91. The zero-order valence-electron chi connectivity index (χ0n) is 25.0. The molecule has 12 nitrogen and oxygen atoms in total. The molecule has 2 amide bonds. The summed E-state index contributed by atoms with van der Waals surface area (Å²) in [6.07, 6.45) is 8.03. The van der Waals surface area contributed by atoms with Crippen LogP contribution in [-0.2, 0) is 6.54 Å². The highest BCUT2D eigenvalue weighted by Gasteiger charge is 2.36. The van der Waals surface area contributed by atoms with E-state index < -0.39 is 5.76 Å². The van der Waals surface area contributed by atoms with Gasteiger partial charge in [0.05, 0.1) is 21.7 Å². The average Bonchev–Trinajstić information content (AvgIpc) is 3.57. The Bertz CT molecular complexity index is 1660. The monoisotopic (exact) mass is 607 g/mol. The van der Waals surface area contributed by atoms with Gasteiger partial charge in [-0.2, -0.15) is 0 Å². The molecule has 6 rings (SSSR count). The number of halogens is 1. The minimum Gasteiger partial charge on any atom is -0.338 e. The molecule has 0 aromatic carbocycles. The fourth-order valence-electron chi connectivity index (χ4n) is 6.63. The summed E-state index contributed by atoms with van der Waals surface area (Å²) in [5, 5.41) is 7.32. The lowest BCUT2D eigenvalue weighted by Gasteiger charge is -2.45. The van der Waals surface area contributed by atoms with E-state index in [1.54, 1.807) is 12.4 Å². The first-order valence-electron chi connectivity index (χ1n) is 15.1. The number of hydrogen-bond donors (Lipinski definition) is 2. The summed E-state index contributed by atoms with van der Waals surface area (Å²) >= 11 is 6.41. The number of carbonyl (C=O) groups excluding carboxylic acids is 1. The number of amides is 2. The van der Waals surface area contributed by atoms with Crippen molar-refractivity contribution in [1.82, 2.24) is 39.9 Å². The summed E-state index contributed by atoms with van der Waals surface area (Å²) in [5.74, 6) is 1.63. The highest BCUT2D eigenvalue weighted by molar-refractivity contribution is 6.30. The predicted octanol–water partition coefficient (Wildman–Crippen LogP) is 4.94. The lowest BCUT2D eigenvalue weighted by Crippen LogP contribution is -2.60. The van der Waals surface area contributed by atoms with E-state index in [2.05, 4.69) is 50.7 Å². The molecule has 2 fully saturated rings. The maximum atomic E-state index is 12.7. The number of fused-ring (bicyclic) bond motifs is 1. The minimum absolute atomic E-state index is 0.0175. The van der Waals surface area contributed by atoms with Crippen LogP contribution in [0.15, 0.2) is 33.8 Å². The second-order valence-corrected chi connectivity index (χ2v) is 12.5. The summed E-state index contributed by atoms with van der Waals surface area (Å²) in [7, 11) is 0. The van der Waals surface area contributed by atoms with Gasteiger partial charge in [0.1, 0.15) is 5.69 Å². The molecule has 4 aromatic rings. The lowest BCUT2D eigenvalue weighted by molar-refractivity contribution is 0.176. The van der Waals surface area contributed by atoms with E-state index in [4.69, 9.17) is 26.1 Å². The number of piperazine rings is 1. The van der Waals surface area contributed by atoms with Crippen molar-refractivity contribution in [2.75, 3.05) is 24.5 Å². The Kier molecular flexibility index (Phi) is 8.13. The Morgan fingerprint density at radius 1 is 1.09 bits per heavy atom. The SMILES string of the molecule is CCNC(=O)N1CC(C)N(c2nc3cc(-c4noc(=O)[nH]4)nc(-c4cncc(Cl)c4)c3n2C[C@H]2CC[C@H](C)CC2)[C@H](C)C1. The molecule has 2 N–H and O–H groups in total. The molecule has 1 aliphatic heterocycles.